The molecule has 0 saturated carbocycles. The van der Waals surface area contributed by atoms with E-state index < -0.39 is 6.61 Å². The summed E-state index contributed by atoms with van der Waals surface area (Å²) >= 11 is 0. The Bertz CT molecular complexity index is 300. The Morgan fingerprint density at radius 2 is 1.88 bits per heavy atom. The highest BCUT2D eigenvalue weighted by molar-refractivity contribution is 5.46. The number of halogens is 2. The van der Waals surface area contributed by atoms with Crippen molar-refractivity contribution in [1.82, 2.24) is 0 Å². The third-order valence-electron chi connectivity index (χ3n) is 2.21. The predicted octanol–water partition coefficient (Wildman–Crippen LogP) is 3.89. The lowest BCUT2D eigenvalue weighted by Gasteiger charge is -2.14. The molecule has 1 unspecified atom stereocenters. The van der Waals surface area contributed by atoms with Crippen LogP contribution in [0.5, 0.6) is 5.75 Å². The maximum Gasteiger partial charge on any atom is 0.387 e. The van der Waals surface area contributed by atoms with E-state index in [2.05, 4.69) is 23.9 Å². The molecule has 2 nitrogen and oxygen atoms in total. The third-order valence-corrected chi connectivity index (χ3v) is 2.21. The van der Waals surface area contributed by atoms with E-state index in [1.54, 1.807) is 12.1 Å². The molecular formula is C12H17F2NO. The standard InChI is InChI=1S/C12H17F2NO/c1-3-4-9(2)15-10-5-7-11(8-6-10)16-12(13)14/h5-9,12,15H,3-4H2,1-2H3. The van der Waals surface area contributed by atoms with Crippen molar-refractivity contribution < 1.29 is 13.5 Å². The van der Waals surface area contributed by atoms with Gasteiger partial charge in [-0.3, -0.25) is 0 Å². The van der Waals surface area contributed by atoms with Crippen molar-refractivity contribution in [2.24, 2.45) is 0 Å². The zero-order chi connectivity index (χ0) is 12.0. The van der Waals surface area contributed by atoms with Crippen LogP contribution in [0.1, 0.15) is 26.7 Å². The van der Waals surface area contributed by atoms with Crippen LogP contribution < -0.4 is 10.1 Å². The molecule has 1 N–H and O–H groups in total. The van der Waals surface area contributed by atoms with Gasteiger partial charge in [0.25, 0.3) is 0 Å². The molecule has 0 amide bonds. The molecule has 0 saturated heterocycles. The Morgan fingerprint density at radius 1 is 1.25 bits per heavy atom. The first-order valence-corrected chi connectivity index (χ1v) is 5.43. The number of alkyl halides is 2. The Morgan fingerprint density at radius 3 is 2.38 bits per heavy atom. The van der Waals surface area contributed by atoms with Crippen molar-refractivity contribution in [3.63, 3.8) is 0 Å². The summed E-state index contributed by atoms with van der Waals surface area (Å²) in [6.07, 6.45) is 2.19. The summed E-state index contributed by atoms with van der Waals surface area (Å²) in [4.78, 5) is 0. The second-order valence-electron chi connectivity index (χ2n) is 3.74. The van der Waals surface area contributed by atoms with Gasteiger partial charge in [0, 0.05) is 11.7 Å². The average Bonchev–Trinajstić information content (AvgIpc) is 2.20. The predicted molar refractivity (Wildman–Crippen MR) is 61.1 cm³/mol. The highest BCUT2D eigenvalue weighted by Crippen LogP contribution is 2.18. The van der Waals surface area contributed by atoms with Crippen molar-refractivity contribution in [2.75, 3.05) is 5.32 Å². The van der Waals surface area contributed by atoms with E-state index in [0.717, 1.165) is 18.5 Å². The van der Waals surface area contributed by atoms with Crippen molar-refractivity contribution >= 4 is 5.69 Å². The molecule has 1 rings (SSSR count). The lowest BCUT2D eigenvalue weighted by Crippen LogP contribution is -2.14. The minimum atomic E-state index is -2.77. The van der Waals surface area contributed by atoms with Gasteiger partial charge in [0.2, 0.25) is 0 Å². The molecule has 0 bridgehead atoms. The van der Waals surface area contributed by atoms with E-state index in [0.29, 0.717) is 6.04 Å². The molecule has 1 aromatic rings. The van der Waals surface area contributed by atoms with Gasteiger partial charge in [0.05, 0.1) is 0 Å². The first-order valence-electron chi connectivity index (χ1n) is 5.43. The second kappa shape index (κ2) is 6.30. The summed E-state index contributed by atoms with van der Waals surface area (Å²) < 4.78 is 28.0. The first kappa shape index (κ1) is 12.7. The van der Waals surface area contributed by atoms with E-state index in [9.17, 15) is 8.78 Å². The van der Waals surface area contributed by atoms with Gasteiger partial charge in [0.15, 0.2) is 0 Å². The van der Waals surface area contributed by atoms with Gasteiger partial charge in [-0.25, -0.2) is 0 Å². The quantitative estimate of drug-likeness (QED) is 0.799. The van der Waals surface area contributed by atoms with Crippen molar-refractivity contribution in [3.05, 3.63) is 24.3 Å². The minimum absolute atomic E-state index is 0.184. The maximum atomic E-state index is 11.9. The number of hydrogen-bond donors (Lipinski definition) is 1. The van der Waals surface area contributed by atoms with E-state index in [1.807, 2.05) is 0 Å². The fourth-order valence-electron chi connectivity index (χ4n) is 1.52. The van der Waals surface area contributed by atoms with Crippen LogP contribution in [-0.2, 0) is 0 Å². The highest BCUT2D eigenvalue weighted by Gasteiger charge is 2.04. The normalized spacial score (nSPS) is 12.6. The van der Waals surface area contributed by atoms with Crippen molar-refractivity contribution in [2.45, 2.75) is 39.3 Å². The van der Waals surface area contributed by atoms with Crippen LogP contribution in [-0.4, -0.2) is 12.7 Å². The summed E-state index contributed by atoms with van der Waals surface area (Å²) in [7, 11) is 0. The topological polar surface area (TPSA) is 21.3 Å². The number of rotatable bonds is 6. The van der Waals surface area contributed by atoms with Gasteiger partial charge in [-0.05, 0) is 37.6 Å². The fraction of sp³-hybridized carbons (Fsp3) is 0.500. The van der Waals surface area contributed by atoms with Crippen LogP contribution in [0.15, 0.2) is 24.3 Å². The first-order chi connectivity index (χ1) is 7.61. The molecule has 0 spiro atoms. The maximum absolute atomic E-state index is 11.9. The second-order valence-corrected chi connectivity index (χ2v) is 3.74. The van der Waals surface area contributed by atoms with Gasteiger partial charge in [-0.1, -0.05) is 13.3 Å². The lowest BCUT2D eigenvalue weighted by molar-refractivity contribution is -0.0498. The smallest absolute Gasteiger partial charge is 0.387 e. The largest absolute Gasteiger partial charge is 0.435 e. The van der Waals surface area contributed by atoms with E-state index >= 15 is 0 Å². The molecule has 1 aromatic carbocycles. The summed E-state index contributed by atoms with van der Waals surface area (Å²) in [5.41, 5.74) is 0.919. The highest BCUT2D eigenvalue weighted by atomic mass is 19.3. The van der Waals surface area contributed by atoms with Crippen LogP contribution >= 0.6 is 0 Å². The van der Waals surface area contributed by atoms with Gasteiger partial charge < -0.3 is 10.1 Å². The van der Waals surface area contributed by atoms with Gasteiger partial charge in [-0.2, -0.15) is 8.78 Å². The summed E-state index contributed by atoms with van der Waals surface area (Å²) in [5, 5.41) is 3.28. The van der Waals surface area contributed by atoms with E-state index in [4.69, 9.17) is 0 Å². The monoisotopic (exact) mass is 229 g/mol. The summed E-state index contributed by atoms with van der Waals surface area (Å²) in [5.74, 6) is 0.184. The molecule has 0 aliphatic carbocycles. The third kappa shape index (κ3) is 4.47. The number of hydrogen-bond acceptors (Lipinski definition) is 2. The fourth-order valence-corrected chi connectivity index (χ4v) is 1.52. The zero-order valence-corrected chi connectivity index (χ0v) is 9.54. The average molecular weight is 229 g/mol. The Kier molecular flexibility index (Phi) is 5.02. The number of nitrogens with one attached hydrogen (secondary N) is 1. The SMILES string of the molecule is CCCC(C)Nc1ccc(OC(F)F)cc1. The van der Waals surface area contributed by atoms with Crippen LogP contribution in [0.3, 0.4) is 0 Å². The zero-order valence-electron chi connectivity index (χ0n) is 9.54. The Hall–Kier alpha value is -1.32. The van der Waals surface area contributed by atoms with E-state index in [-0.39, 0.29) is 5.75 Å². The molecule has 0 heterocycles. The summed E-state index contributed by atoms with van der Waals surface area (Å²) in [6.45, 7) is 1.45. The summed E-state index contributed by atoms with van der Waals surface area (Å²) in [6, 6.07) is 6.93. The minimum Gasteiger partial charge on any atom is -0.435 e. The Balaban J connectivity index is 2.50. The van der Waals surface area contributed by atoms with Crippen molar-refractivity contribution in [1.29, 1.82) is 0 Å². The van der Waals surface area contributed by atoms with Gasteiger partial charge in [-0.15, -0.1) is 0 Å². The molecule has 0 aromatic heterocycles. The van der Waals surface area contributed by atoms with Crippen LogP contribution in [0, 0.1) is 0 Å². The molecule has 0 radical (unpaired) electrons. The van der Waals surface area contributed by atoms with Crippen LogP contribution in [0.2, 0.25) is 0 Å². The van der Waals surface area contributed by atoms with Gasteiger partial charge >= 0.3 is 6.61 Å². The van der Waals surface area contributed by atoms with Gasteiger partial charge in [0.1, 0.15) is 5.75 Å². The van der Waals surface area contributed by atoms with E-state index in [1.165, 1.54) is 12.1 Å². The number of benzene rings is 1. The lowest BCUT2D eigenvalue weighted by atomic mass is 10.2. The molecule has 16 heavy (non-hydrogen) atoms. The molecule has 0 aliphatic heterocycles. The number of anilines is 1. The molecule has 90 valence electrons. The molecular weight excluding hydrogens is 212 g/mol. The Labute approximate surface area is 94.6 Å². The molecule has 1 atom stereocenters. The number of ether oxygens (including phenoxy) is 1. The van der Waals surface area contributed by atoms with Crippen LogP contribution in [0.25, 0.3) is 0 Å². The van der Waals surface area contributed by atoms with Crippen molar-refractivity contribution in [3.8, 4) is 5.75 Å². The molecule has 4 heteroatoms. The van der Waals surface area contributed by atoms with Crippen LogP contribution in [0.4, 0.5) is 14.5 Å². The molecule has 0 fully saturated rings. The molecule has 0 aliphatic rings.